The average molecular weight is 256 g/mol. The molecule has 104 valence electrons. The SMILES string of the molecule is CN(CC1CNCCO1)C(=O)CCC1CCCO1. The Kier molecular flexibility index (Phi) is 5.41. The van der Waals surface area contributed by atoms with Gasteiger partial charge in [-0.1, -0.05) is 0 Å². The van der Waals surface area contributed by atoms with E-state index in [2.05, 4.69) is 5.32 Å². The second-order valence-corrected chi connectivity index (χ2v) is 5.14. The lowest BCUT2D eigenvalue weighted by molar-refractivity contribution is -0.132. The minimum absolute atomic E-state index is 0.135. The van der Waals surface area contributed by atoms with E-state index in [4.69, 9.17) is 9.47 Å². The van der Waals surface area contributed by atoms with Crippen LogP contribution in [0.2, 0.25) is 0 Å². The van der Waals surface area contributed by atoms with Crippen LogP contribution in [0.3, 0.4) is 0 Å². The van der Waals surface area contributed by atoms with Crippen LogP contribution in [0.15, 0.2) is 0 Å². The lowest BCUT2D eigenvalue weighted by Gasteiger charge is -2.28. The summed E-state index contributed by atoms with van der Waals surface area (Å²) in [5.41, 5.74) is 0. The van der Waals surface area contributed by atoms with Gasteiger partial charge in [0.1, 0.15) is 0 Å². The molecule has 0 bridgehead atoms. The van der Waals surface area contributed by atoms with Gasteiger partial charge in [-0.25, -0.2) is 0 Å². The van der Waals surface area contributed by atoms with Crippen molar-refractivity contribution in [1.29, 1.82) is 0 Å². The normalized spacial score (nSPS) is 28.3. The largest absolute Gasteiger partial charge is 0.378 e. The Bertz CT molecular complexity index is 261. The number of morpholine rings is 1. The highest BCUT2D eigenvalue weighted by molar-refractivity contribution is 5.75. The van der Waals surface area contributed by atoms with Crippen molar-refractivity contribution in [3.05, 3.63) is 0 Å². The van der Waals surface area contributed by atoms with Crippen LogP contribution in [0.25, 0.3) is 0 Å². The third-order valence-corrected chi connectivity index (χ3v) is 3.61. The van der Waals surface area contributed by atoms with Crippen molar-refractivity contribution in [3.63, 3.8) is 0 Å². The van der Waals surface area contributed by atoms with Crippen LogP contribution in [-0.2, 0) is 14.3 Å². The van der Waals surface area contributed by atoms with Crippen molar-refractivity contribution < 1.29 is 14.3 Å². The molecule has 2 heterocycles. The molecule has 2 fully saturated rings. The van der Waals surface area contributed by atoms with E-state index in [0.717, 1.165) is 45.6 Å². The van der Waals surface area contributed by atoms with Gasteiger partial charge >= 0.3 is 0 Å². The number of likely N-dealkylation sites (N-methyl/N-ethyl adjacent to an activating group) is 1. The Labute approximate surface area is 109 Å². The first-order valence-electron chi connectivity index (χ1n) is 6.93. The fourth-order valence-corrected chi connectivity index (χ4v) is 2.49. The second-order valence-electron chi connectivity index (χ2n) is 5.14. The van der Waals surface area contributed by atoms with Crippen LogP contribution in [0.1, 0.15) is 25.7 Å². The molecule has 0 aromatic heterocycles. The van der Waals surface area contributed by atoms with E-state index in [1.807, 2.05) is 7.05 Å². The Morgan fingerprint density at radius 3 is 2.83 bits per heavy atom. The van der Waals surface area contributed by atoms with Crippen LogP contribution < -0.4 is 5.32 Å². The molecule has 1 N–H and O–H groups in total. The van der Waals surface area contributed by atoms with Crippen molar-refractivity contribution in [2.24, 2.45) is 0 Å². The molecule has 2 aliphatic heterocycles. The van der Waals surface area contributed by atoms with E-state index in [-0.39, 0.29) is 12.0 Å². The van der Waals surface area contributed by atoms with Crippen molar-refractivity contribution in [1.82, 2.24) is 10.2 Å². The Morgan fingerprint density at radius 1 is 1.33 bits per heavy atom. The van der Waals surface area contributed by atoms with Gasteiger partial charge in [0.2, 0.25) is 5.91 Å². The number of carbonyl (C=O) groups excluding carboxylic acids is 1. The maximum Gasteiger partial charge on any atom is 0.222 e. The summed E-state index contributed by atoms with van der Waals surface area (Å²) in [7, 11) is 1.86. The van der Waals surface area contributed by atoms with E-state index < -0.39 is 0 Å². The lowest BCUT2D eigenvalue weighted by Crippen LogP contribution is -2.45. The molecule has 5 nitrogen and oxygen atoms in total. The topological polar surface area (TPSA) is 50.8 Å². The Balaban J connectivity index is 1.63. The van der Waals surface area contributed by atoms with Gasteiger partial charge in [0.25, 0.3) is 0 Å². The highest BCUT2D eigenvalue weighted by atomic mass is 16.5. The summed E-state index contributed by atoms with van der Waals surface area (Å²) in [6, 6.07) is 0. The molecule has 2 rings (SSSR count). The summed E-state index contributed by atoms with van der Waals surface area (Å²) in [4.78, 5) is 13.8. The minimum Gasteiger partial charge on any atom is -0.378 e. The fourth-order valence-electron chi connectivity index (χ4n) is 2.49. The monoisotopic (exact) mass is 256 g/mol. The van der Waals surface area contributed by atoms with Crippen LogP contribution in [0.5, 0.6) is 0 Å². The van der Waals surface area contributed by atoms with Gasteiger partial charge in [0, 0.05) is 39.7 Å². The van der Waals surface area contributed by atoms with E-state index in [1.165, 1.54) is 0 Å². The van der Waals surface area contributed by atoms with Gasteiger partial charge in [0.15, 0.2) is 0 Å². The van der Waals surface area contributed by atoms with Gasteiger partial charge in [-0.05, 0) is 19.3 Å². The van der Waals surface area contributed by atoms with Crippen molar-refractivity contribution in [2.45, 2.75) is 37.9 Å². The summed E-state index contributed by atoms with van der Waals surface area (Å²) in [5.74, 6) is 0.194. The maximum absolute atomic E-state index is 12.0. The average Bonchev–Trinajstić information content (AvgIpc) is 2.90. The molecule has 2 saturated heterocycles. The van der Waals surface area contributed by atoms with Gasteiger partial charge in [-0.2, -0.15) is 0 Å². The van der Waals surface area contributed by atoms with Crippen LogP contribution >= 0.6 is 0 Å². The molecule has 2 atom stereocenters. The molecule has 0 aliphatic carbocycles. The molecule has 0 aromatic rings. The predicted octanol–water partition coefficient (Wildman–Crippen LogP) is 0.392. The smallest absolute Gasteiger partial charge is 0.222 e. The van der Waals surface area contributed by atoms with Gasteiger partial charge in [0.05, 0.1) is 18.8 Å². The number of ether oxygens (including phenoxy) is 2. The van der Waals surface area contributed by atoms with Crippen molar-refractivity contribution >= 4 is 5.91 Å². The van der Waals surface area contributed by atoms with Crippen molar-refractivity contribution in [3.8, 4) is 0 Å². The molecule has 1 amide bonds. The number of nitrogens with zero attached hydrogens (tertiary/aromatic N) is 1. The van der Waals surface area contributed by atoms with Crippen LogP contribution in [0, 0.1) is 0 Å². The number of hydrogen-bond acceptors (Lipinski definition) is 4. The minimum atomic E-state index is 0.135. The Hall–Kier alpha value is -0.650. The first kappa shape index (κ1) is 13.8. The van der Waals surface area contributed by atoms with E-state index in [9.17, 15) is 4.79 Å². The quantitative estimate of drug-likeness (QED) is 0.773. The van der Waals surface area contributed by atoms with Crippen LogP contribution in [0.4, 0.5) is 0 Å². The zero-order valence-electron chi connectivity index (χ0n) is 11.2. The molecule has 2 unspecified atom stereocenters. The summed E-state index contributed by atoms with van der Waals surface area (Å²) < 4.78 is 11.1. The van der Waals surface area contributed by atoms with Gasteiger partial charge in [-0.15, -0.1) is 0 Å². The summed E-state index contributed by atoms with van der Waals surface area (Å²) in [5, 5.41) is 3.27. The van der Waals surface area contributed by atoms with E-state index in [1.54, 1.807) is 4.90 Å². The summed E-state index contributed by atoms with van der Waals surface area (Å²) >= 11 is 0. The molecule has 2 aliphatic rings. The molecule has 0 aromatic carbocycles. The molecule has 0 spiro atoms. The molecule has 18 heavy (non-hydrogen) atoms. The highest BCUT2D eigenvalue weighted by Gasteiger charge is 2.21. The second kappa shape index (κ2) is 7.07. The molecule has 0 radical (unpaired) electrons. The van der Waals surface area contributed by atoms with E-state index in [0.29, 0.717) is 19.1 Å². The summed E-state index contributed by atoms with van der Waals surface area (Å²) in [6.07, 6.45) is 4.11. The zero-order valence-corrected chi connectivity index (χ0v) is 11.2. The molecule has 0 saturated carbocycles. The molecule has 5 heteroatoms. The standard InChI is InChI=1S/C13H24N2O3/c1-15(10-12-9-14-6-8-18-12)13(16)5-4-11-3-2-7-17-11/h11-12,14H,2-10H2,1H3. The van der Waals surface area contributed by atoms with Gasteiger partial charge in [-0.3, -0.25) is 4.79 Å². The van der Waals surface area contributed by atoms with Crippen LogP contribution in [-0.4, -0.2) is 62.9 Å². The maximum atomic E-state index is 12.0. The van der Waals surface area contributed by atoms with Gasteiger partial charge < -0.3 is 19.7 Å². The number of amides is 1. The van der Waals surface area contributed by atoms with E-state index >= 15 is 0 Å². The zero-order chi connectivity index (χ0) is 12.8. The summed E-state index contributed by atoms with van der Waals surface area (Å²) in [6.45, 7) is 4.02. The molecular formula is C13H24N2O3. The highest BCUT2D eigenvalue weighted by Crippen LogP contribution is 2.17. The first-order chi connectivity index (χ1) is 8.75. The van der Waals surface area contributed by atoms with Crippen molar-refractivity contribution in [2.75, 3.05) is 39.9 Å². The Morgan fingerprint density at radius 2 is 2.17 bits per heavy atom. The fraction of sp³-hybridized carbons (Fsp3) is 0.923. The third-order valence-electron chi connectivity index (χ3n) is 3.61. The number of rotatable bonds is 5. The number of nitrogens with one attached hydrogen (secondary N) is 1. The lowest BCUT2D eigenvalue weighted by atomic mass is 10.1. The first-order valence-corrected chi connectivity index (χ1v) is 6.93. The predicted molar refractivity (Wildman–Crippen MR) is 68.5 cm³/mol. The number of carbonyl (C=O) groups is 1. The third kappa shape index (κ3) is 4.23. The number of hydrogen-bond donors (Lipinski definition) is 1. The molecular weight excluding hydrogens is 232 g/mol.